The molecule has 0 radical (unpaired) electrons. The fraction of sp³-hybridized carbons (Fsp3) is 0.500. The highest BCUT2D eigenvalue weighted by molar-refractivity contribution is 6.13. The molecule has 1 saturated heterocycles. The fourth-order valence-corrected chi connectivity index (χ4v) is 4.59. The Bertz CT molecular complexity index is 959. The van der Waals surface area contributed by atoms with Crippen LogP contribution in [0.5, 0.6) is 5.75 Å². The molecule has 1 aromatic carbocycles. The molecule has 3 N–H and O–H groups in total. The predicted octanol–water partition coefficient (Wildman–Crippen LogP) is 3.08. The van der Waals surface area contributed by atoms with E-state index in [4.69, 9.17) is 10.5 Å². The summed E-state index contributed by atoms with van der Waals surface area (Å²) in [4.78, 5) is 24.1. The molecule has 0 bridgehead atoms. The van der Waals surface area contributed by atoms with Crippen molar-refractivity contribution in [2.45, 2.75) is 50.6 Å². The van der Waals surface area contributed by atoms with Crippen LogP contribution in [0.4, 0.5) is 20.5 Å². The number of hydrogen-bond acceptors (Lipinski definition) is 7. The second-order valence-corrected chi connectivity index (χ2v) is 8.08. The fourth-order valence-electron chi connectivity index (χ4n) is 4.59. The first-order valence-corrected chi connectivity index (χ1v) is 10.7. The quantitative estimate of drug-likeness (QED) is 0.679. The SMILES string of the molecule is COc1ccc(F)c(F)c1C(=O)c1cnc(N(C2CCCCC2)C2CCNC2)nc1N. The number of anilines is 2. The van der Waals surface area contributed by atoms with Crippen molar-refractivity contribution in [3.05, 3.63) is 41.1 Å². The second kappa shape index (κ2) is 9.13. The highest BCUT2D eigenvalue weighted by Crippen LogP contribution is 2.31. The topological polar surface area (TPSA) is 93.4 Å². The van der Waals surface area contributed by atoms with Crippen LogP contribution in [-0.2, 0) is 0 Å². The Morgan fingerprint density at radius 3 is 2.61 bits per heavy atom. The Labute approximate surface area is 180 Å². The van der Waals surface area contributed by atoms with E-state index in [9.17, 15) is 13.6 Å². The number of nitrogen functional groups attached to an aromatic ring is 1. The van der Waals surface area contributed by atoms with Crippen molar-refractivity contribution >= 4 is 17.5 Å². The van der Waals surface area contributed by atoms with Gasteiger partial charge < -0.3 is 20.7 Å². The van der Waals surface area contributed by atoms with Crippen LogP contribution in [0, 0.1) is 11.6 Å². The molecule has 2 aromatic rings. The van der Waals surface area contributed by atoms with Crippen molar-refractivity contribution in [3.8, 4) is 5.75 Å². The Balaban J connectivity index is 1.69. The third-order valence-electron chi connectivity index (χ3n) is 6.18. The van der Waals surface area contributed by atoms with Gasteiger partial charge in [-0.15, -0.1) is 0 Å². The van der Waals surface area contributed by atoms with Gasteiger partial charge in [0.05, 0.1) is 12.7 Å². The molecule has 9 heteroatoms. The van der Waals surface area contributed by atoms with E-state index in [-0.39, 0.29) is 23.2 Å². The number of nitrogens with two attached hydrogens (primary N) is 1. The van der Waals surface area contributed by atoms with Crippen LogP contribution in [0.25, 0.3) is 0 Å². The van der Waals surface area contributed by atoms with Crippen LogP contribution in [0.15, 0.2) is 18.3 Å². The summed E-state index contributed by atoms with van der Waals surface area (Å²) in [6, 6.07) is 2.69. The van der Waals surface area contributed by atoms with Crippen LogP contribution < -0.4 is 20.7 Å². The largest absolute Gasteiger partial charge is 0.496 e. The number of methoxy groups -OCH3 is 1. The van der Waals surface area contributed by atoms with Crippen LogP contribution in [0.1, 0.15) is 54.4 Å². The lowest BCUT2D eigenvalue weighted by atomic mass is 9.93. The first kappa shape index (κ1) is 21.4. The molecule has 1 aliphatic heterocycles. The van der Waals surface area contributed by atoms with Gasteiger partial charge in [-0.25, -0.2) is 13.8 Å². The van der Waals surface area contributed by atoms with Gasteiger partial charge in [0.1, 0.15) is 17.1 Å². The van der Waals surface area contributed by atoms with Crippen molar-refractivity contribution in [3.63, 3.8) is 0 Å². The summed E-state index contributed by atoms with van der Waals surface area (Å²) < 4.78 is 33.2. The first-order valence-electron chi connectivity index (χ1n) is 10.7. The first-order chi connectivity index (χ1) is 15.0. The van der Waals surface area contributed by atoms with Crippen molar-refractivity contribution in [1.29, 1.82) is 0 Å². The molecule has 166 valence electrons. The maximum atomic E-state index is 14.4. The molecule has 2 fully saturated rings. The summed E-state index contributed by atoms with van der Waals surface area (Å²) in [5.41, 5.74) is 5.53. The Kier molecular flexibility index (Phi) is 6.31. The highest BCUT2D eigenvalue weighted by Gasteiger charge is 2.32. The molecule has 31 heavy (non-hydrogen) atoms. The van der Waals surface area contributed by atoms with Gasteiger partial charge in [0.2, 0.25) is 11.7 Å². The molecule has 0 amide bonds. The Morgan fingerprint density at radius 2 is 1.97 bits per heavy atom. The molecular weight excluding hydrogens is 404 g/mol. The van der Waals surface area contributed by atoms with Gasteiger partial charge in [-0.05, 0) is 37.9 Å². The zero-order valence-electron chi connectivity index (χ0n) is 17.5. The van der Waals surface area contributed by atoms with Crippen LogP contribution in [0.2, 0.25) is 0 Å². The number of benzene rings is 1. The van der Waals surface area contributed by atoms with E-state index >= 15 is 0 Å². The molecule has 1 atom stereocenters. The smallest absolute Gasteiger partial charge is 0.227 e. The van der Waals surface area contributed by atoms with Crippen molar-refractivity contribution < 1.29 is 18.3 Å². The van der Waals surface area contributed by atoms with Gasteiger partial charge in [0.25, 0.3) is 0 Å². The summed E-state index contributed by atoms with van der Waals surface area (Å²) in [5, 5.41) is 3.38. The summed E-state index contributed by atoms with van der Waals surface area (Å²) in [7, 11) is 1.28. The number of ether oxygens (including phenoxy) is 1. The summed E-state index contributed by atoms with van der Waals surface area (Å²) in [6.45, 7) is 1.77. The number of rotatable bonds is 6. The molecule has 2 heterocycles. The number of carbonyl (C=O) groups is 1. The molecule has 0 spiro atoms. The van der Waals surface area contributed by atoms with E-state index in [1.165, 1.54) is 25.8 Å². The number of halogens is 2. The van der Waals surface area contributed by atoms with E-state index in [0.29, 0.717) is 12.0 Å². The molecule has 1 aliphatic carbocycles. The minimum absolute atomic E-state index is 0.0625. The molecule has 4 rings (SSSR count). The lowest BCUT2D eigenvalue weighted by Gasteiger charge is -2.38. The molecule has 2 aliphatic rings. The average Bonchev–Trinajstić information content (AvgIpc) is 3.30. The number of carbonyl (C=O) groups excluding carboxylic acids is 1. The molecule has 7 nitrogen and oxygen atoms in total. The van der Waals surface area contributed by atoms with E-state index in [1.54, 1.807) is 0 Å². The third-order valence-corrected chi connectivity index (χ3v) is 6.18. The van der Waals surface area contributed by atoms with Crippen molar-refractivity contribution in [2.24, 2.45) is 0 Å². The number of hydrogen-bond donors (Lipinski definition) is 2. The predicted molar refractivity (Wildman–Crippen MR) is 113 cm³/mol. The Hall–Kier alpha value is -2.81. The van der Waals surface area contributed by atoms with Gasteiger partial charge in [-0.1, -0.05) is 19.3 Å². The summed E-state index contributed by atoms with van der Waals surface area (Å²) in [5.74, 6) is -2.90. The van der Waals surface area contributed by atoms with Gasteiger partial charge in [-0.2, -0.15) is 4.98 Å². The van der Waals surface area contributed by atoms with Crippen LogP contribution in [-0.4, -0.2) is 48.0 Å². The normalized spacial score (nSPS) is 19.4. The molecule has 1 aromatic heterocycles. The highest BCUT2D eigenvalue weighted by atomic mass is 19.2. The van der Waals surface area contributed by atoms with Gasteiger partial charge in [0.15, 0.2) is 11.6 Å². The van der Waals surface area contributed by atoms with E-state index in [0.717, 1.165) is 51.3 Å². The molecular formula is C22H27F2N5O2. The number of ketones is 1. The average molecular weight is 431 g/mol. The van der Waals surface area contributed by atoms with Crippen LogP contribution in [0.3, 0.4) is 0 Å². The van der Waals surface area contributed by atoms with Gasteiger partial charge in [-0.3, -0.25) is 4.79 Å². The minimum Gasteiger partial charge on any atom is -0.496 e. The van der Waals surface area contributed by atoms with Crippen LogP contribution >= 0.6 is 0 Å². The molecule has 1 unspecified atom stereocenters. The van der Waals surface area contributed by atoms with Gasteiger partial charge in [0, 0.05) is 24.8 Å². The lowest BCUT2D eigenvalue weighted by molar-refractivity contribution is 0.103. The monoisotopic (exact) mass is 431 g/mol. The second-order valence-electron chi connectivity index (χ2n) is 8.08. The number of nitrogens with one attached hydrogen (secondary N) is 1. The zero-order chi connectivity index (χ0) is 22.0. The number of aromatic nitrogens is 2. The maximum absolute atomic E-state index is 14.4. The van der Waals surface area contributed by atoms with E-state index in [2.05, 4.69) is 20.2 Å². The van der Waals surface area contributed by atoms with Gasteiger partial charge >= 0.3 is 0 Å². The standard InChI is InChI=1S/C22H27F2N5O2/c1-31-17-8-7-16(23)19(24)18(17)20(30)15-12-27-22(28-21(15)25)29(14-9-10-26-11-14)13-5-3-2-4-6-13/h7-8,12-14,26H,2-6,9-11H2,1H3,(H2,25,27,28). The lowest BCUT2D eigenvalue weighted by Crippen LogP contribution is -2.46. The summed E-state index contributed by atoms with van der Waals surface area (Å²) in [6.07, 6.45) is 7.95. The van der Waals surface area contributed by atoms with E-state index < -0.39 is 23.0 Å². The third kappa shape index (κ3) is 4.19. The number of nitrogens with zero attached hydrogens (tertiary/aromatic N) is 3. The van der Waals surface area contributed by atoms with E-state index in [1.807, 2.05) is 0 Å². The summed E-state index contributed by atoms with van der Waals surface area (Å²) >= 11 is 0. The van der Waals surface area contributed by atoms with Crippen molar-refractivity contribution in [1.82, 2.24) is 15.3 Å². The molecule has 1 saturated carbocycles. The van der Waals surface area contributed by atoms with Crippen molar-refractivity contribution in [2.75, 3.05) is 30.8 Å². The zero-order valence-corrected chi connectivity index (χ0v) is 17.5. The minimum atomic E-state index is -1.28. The Morgan fingerprint density at radius 1 is 1.19 bits per heavy atom. The maximum Gasteiger partial charge on any atom is 0.227 e.